The maximum Gasteiger partial charge on any atom is 0.147 e. The molecule has 0 radical (unpaired) electrons. The third-order valence-electron chi connectivity index (χ3n) is 5.62. The van der Waals surface area contributed by atoms with E-state index in [-0.39, 0.29) is 6.10 Å². The number of fused-ring (bicyclic) bond motifs is 1. The van der Waals surface area contributed by atoms with Gasteiger partial charge in [-0.15, -0.1) is 10.2 Å². The highest BCUT2D eigenvalue weighted by molar-refractivity contribution is 5.09. The summed E-state index contributed by atoms with van der Waals surface area (Å²) in [5.74, 6) is 3.78. The predicted molar refractivity (Wildman–Crippen MR) is 88.1 cm³/mol. The fourth-order valence-corrected chi connectivity index (χ4v) is 3.93. The van der Waals surface area contributed by atoms with Crippen LogP contribution in [0.15, 0.2) is 0 Å². The third kappa shape index (κ3) is 3.59. The molecule has 1 aromatic heterocycles. The predicted octanol–water partition coefficient (Wildman–Crippen LogP) is 1.06. The second-order valence-corrected chi connectivity index (χ2v) is 7.77. The van der Waals surface area contributed by atoms with Gasteiger partial charge in [-0.3, -0.25) is 4.90 Å². The van der Waals surface area contributed by atoms with Gasteiger partial charge < -0.3 is 14.6 Å². The highest BCUT2D eigenvalue weighted by Crippen LogP contribution is 2.39. The van der Waals surface area contributed by atoms with E-state index in [0.29, 0.717) is 5.92 Å². The standard InChI is InChI=1S/C17H29N5O/c1-13-4-6-20(7-5-13)10-15(23)11-21-8-9-22-16(12-21)18-19-17(22)14-2-3-14/h13-15,23H,2-12H2,1H3/t15-/m1/s1. The number of β-amino-alcohol motifs (C(OH)–C–C–N with tert-alkyl or cyclic N) is 1. The van der Waals surface area contributed by atoms with Gasteiger partial charge in [0.05, 0.1) is 12.6 Å². The Morgan fingerprint density at radius 1 is 1.00 bits per heavy atom. The van der Waals surface area contributed by atoms with Crippen LogP contribution in [-0.4, -0.2) is 68.5 Å². The molecule has 0 spiro atoms. The molecule has 1 atom stereocenters. The van der Waals surface area contributed by atoms with Crippen LogP contribution in [0.4, 0.5) is 0 Å². The SMILES string of the molecule is CC1CCN(C[C@@H](O)CN2CCn3c(nnc3C3CC3)C2)CC1. The normalized spacial score (nSPS) is 25.5. The Hall–Kier alpha value is -0.980. The van der Waals surface area contributed by atoms with Crippen molar-refractivity contribution in [3.8, 4) is 0 Å². The van der Waals surface area contributed by atoms with Gasteiger partial charge in [0.1, 0.15) is 11.6 Å². The third-order valence-corrected chi connectivity index (χ3v) is 5.62. The van der Waals surface area contributed by atoms with E-state index in [1.807, 2.05) is 0 Å². The number of hydrogen-bond acceptors (Lipinski definition) is 5. The molecule has 0 bridgehead atoms. The van der Waals surface area contributed by atoms with Crippen LogP contribution in [0.2, 0.25) is 0 Å². The number of piperidine rings is 1. The Morgan fingerprint density at radius 2 is 1.74 bits per heavy atom. The van der Waals surface area contributed by atoms with Gasteiger partial charge in [0, 0.05) is 32.1 Å². The second-order valence-electron chi connectivity index (χ2n) is 7.77. The van der Waals surface area contributed by atoms with E-state index in [1.54, 1.807) is 0 Å². The molecule has 1 saturated carbocycles. The summed E-state index contributed by atoms with van der Waals surface area (Å²) >= 11 is 0. The molecule has 0 unspecified atom stereocenters. The molecule has 0 aromatic carbocycles. The zero-order valence-electron chi connectivity index (χ0n) is 14.2. The number of aliphatic hydroxyl groups excluding tert-OH is 1. The Bertz CT molecular complexity index is 533. The molecule has 128 valence electrons. The van der Waals surface area contributed by atoms with Crippen LogP contribution >= 0.6 is 0 Å². The van der Waals surface area contributed by atoms with Gasteiger partial charge in [-0.25, -0.2) is 0 Å². The van der Waals surface area contributed by atoms with E-state index >= 15 is 0 Å². The van der Waals surface area contributed by atoms with Crippen molar-refractivity contribution < 1.29 is 5.11 Å². The van der Waals surface area contributed by atoms with Gasteiger partial charge in [-0.1, -0.05) is 6.92 Å². The summed E-state index contributed by atoms with van der Waals surface area (Å²) < 4.78 is 2.31. The van der Waals surface area contributed by atoms with Gasteiger partial charge in [0.2, 0.25) is 0 Å². The first-order valence-corrected chi connectivity index (χ1v) is 9.24. The van der Waals surface area contributed by atoms with E-state index < -0.39 is 0 Å². The number of nitrogens with zero attached hydrogens (tertiary/aromatic N) is 5. The molecule has 6 nitrogen and oxygen atoms in total. The molecule has 1 aromatic rings. The van der Waals surface area contributed by atoms with Crippen molar-refractivity contribution in [2.75, 3.05) is 32.7 Å². The van der Waals surface area contributed by atoms with E-state index in [1.165, 1.54) is 31.5 Å². The lowest BCUT2D eigenvalue weighted by molar-refractivity contribution is 0.0529. The minimum atomic E-state index is -0.263. The van der Waals surface area contributed by atoms with Crippen LogP contribution in [0.3, 0.4) is 0 Å². The summed E-state index contributed by atoms with van der Waals surface area (Å²) in [4.78, 5) is 4.75. The molecule has 3 aliphatic rings. The summed E-state index contributed by atoms with van der Waals surface area (Å²) in [6.45, 7) is 8.96. The van der Waals surface area contributed by atoms with E-state index in [9.17, 15) is 5.11 Å². The number of hydrogen-bond donors (Lipinski definition) is 1. The molecule has 3 heterocycles. The molecule has 4 rings (SSSR count). The molecule has 23 heavy (non-hydrogen) atoms. The average Bonchev–Trinajstić information content (AvgIpc) is 3.29. The molecular weight excluding hydrogens is 290 g/mol. The largest absolute Gasteiger partial charge is 0.390 e. The fraction of sp³-hybridized carbons (Fsp3) is 0.882. The van der Waals surface area contributed by atoms with Crippen LogP contribution in [0.1, 0.15) is 50.2 Å². The molecule has 1 saturated heterocycles. The summed E-state index contributed by atoms with van der Waals surface area (Å²) in [6, 6.07) is 0. The number of aliphatic hydroxyl groups is 1. The van der Waals surface area contributed by atoms with Gasteiger partial charge >= 0.3 is 0 Å². The number of likely N-dealkylation sites (tertiary alicyclic amines) is 1. The zero-order chi connectivity index (χ0) is 15.8. The highest BCUT2D eigenvalue weighted by Gasteiger charge is 2.32. The van der Waals surface area contributed by atoms with Gasteiger partial charge in [0.25, 0.3) is 0 Å². The van der Waals surface area contributed by atoms with Crippen LogP contribution in [0, 0.1) is 5.92 Å². The lowest BCUT2D eigenvalue weighted by Crippen LogP contribution is -2.45. The van der Waals surface area contributed by atoms with Gasteiger partial charge in [0.15, 0.2) is 0 Å². The van der Waals surface area contributed by atoms with Gasteiger partial charge in [-0.05, 0) is 44.7 Å². The molecule has 2 fully saturated rings. The first-order valence-electron chi connectivity index (χ1n) is 9.24. The van der Waals surface area contributed by atoms with E-state index in [2.05, 4.69) is 31.5 Å². The number of rotatable bonds is 5. The van der Waals surface area contributed by atoms with Gasteiger partial charge in [-0.2, -0.15) is 0 Å². The van der Waals surface area contributed by atoms with Crippen molar-refractivity contribution in [1.29, 1.82) is 0 Å². The van der Waals surface area contributed by atoms with Crippen LogP contribution < -0.4 is 0 Å². The minimum absolute atomic E-state index is 0.263. The number of aromatic nitrogens is 3. The Kier molecular flexibility index (Phi) is 4.39. The highest BCUT2D eigenvalue weighted by atomic mass is 16.3. The first-order chi connectivity index (χ1) is 11.2. The molecule has 0 amide bonds. The molecule has 2 aliphatic heterocycles. The maximum atomic E-state index is 10.4. The lowest BCUT2D eigenvalue weighted by atomic mass is 9.99. The summed E-state index contributed by atoms with van der Waals surface area (Å²) in [6.07, 6.45) is 4.82. The van der Waals surface area contributed by atoms with Crippen molar-refractivity contribution in [3.05, 3.63) is 11.6 Å². The quantitative estimate of drug-likeness (QED) is 0.879. The maximum absolute atomic E-state index is 10.4. The molecule has 1 N–H and O–H groups in total. The van der Waals surface area contributed by atoms with Crippen LogP contribution in [-0.2, 0) is 13.1 Å². The monoisotopic (exact) mass is 319 g/mol. The molecular formula is C17H29N5O. The van der Waals surface area contributed by atoms with Crippen molar-refractivity contribution in [3.63, 3.8) is 0 Å². The van der Waals surface area contributed by atoms with Crippen molar-refractivity contribution in [1.82, 2.24) is 24.6 Å². The first kappa shape index (κ1) is 15.5. The summed E-state index contributed by atoms with van der Waals surface area (Å²) in [5, 5.41) is 19.2. The average molecular weight is 319 g/mol. The summed E-state index contributed by atoms with van der Waals surface area (Å²) in [5.41, 5.74) is 0. The second kappa shape index (κ2) is 6.49. The van der Waals surface area contributed by atoms with Crippen LogP contribution in [0.25, 0.3) is 0 Å². The smallest absolute Gasteiger partial charge is 0.147 e. The summed E-state index contributed by atoms with van der Waals surface area (Å²) in [7, 11) is 0. The van der Waals surface area contributed by atoms with Crippen molar-refractivity contribution in [2.24, 2.45) is 5.92 Å². The lowest BCUT2D eigenvalue weighted by Gasteiger charge is -2.34. The topological polar surface area (TPSA) is 57.4 Å². The Morgan fingerprint density at radius 3 is 2.48 bits per heavy atom. The van der Waals surface area contributed by atoms with Crippen LogP contribution in [0.5, 0.6) is 0 Å². The van der Waals surface area contributed by atoms with Crippen molar-refractivity contribution in [2.45, 2.75) is 57.7 Å². The molecule has 1 aliphatic carbocycles. The zero-order valence-corrected chi connectivity index (χ0v) is 14.2. The fourth-order valence-electron chi connectivity index (χ4n) is 3.93. The Labute approximate surface area is 138 Å². The van der Waals surface area contributed by atoms with Crippen molar-refractivity contribution >= 4 is 0 Å². The van der Waals surface area contributed by atoms with E-state index in [4.69, 9.17) is 0 Å². The molecule has 6 heteroatoms. The Balaban J connectivity index is 1.28. The van der Waals surface area contributed by atoms with E-state index in [0.717, 1.165) is 57.6 Å². The minimum Gasteiger partial charge on any atom is -0.390 e.